The van der Waals surface area contributed by atoms with Crippen molar-refractivity contribution in [3.63, 3.8) is 0 Å². The lowest BCUT2D eigenvalue weighted by Gasteiger charge is -2.12. The Morgan fingerprint density at radius 2 is 1.93 bits per heavy atom. The van der Waals surface area contributed by atoms with Crippen molar-refractivity contribution in [2.24, 2.45) is 0 Å². The summed E-state index contributed by atoms with van der Waals surface area (Å²) < 4.78 is 5.69. The number of aliphatic hydroxyl groups excluding tert-OH is 1. The number of benzene rings is 1. The summed E-state index contributed by atoms with van der Waals surface area (Å²) in [7, 11) is 0. The van der Waals surface area contributed by atoms with Crippen molar-refractivity contribution in [3.8, 4) is 0 Å². The molecular weight excluding hydrogens is 188 g/mol. The molecule has 0 fully saturated rings. The molecule has 0 amide bonds. The van der Waals surface area contributed by atoms with Gasteiger partial charge in [-0.3, -0.25) is 0 Å². The predicted molar refractivity (Wildman–Crippen MR) is 61.6 cm³/mol. The molecule has 0 saturated carbocycles. The maximum absolute atomic E-state index is 8.65. The lowest BCUT2D eigenvalue weighted by Crippen LogP contribution is -2.08. The molecule has 0 aliphatic rings. The first-order valence-electron chi connectivity index (χ1n) is 5.59. The van der Waals surface area contributed by atoms with Gasteiger partial charge in [0.15, 0.2) is 0 Å². The zero-order chi connectivity index (χ0) is 10.9. The van der Waals surface area contributed by atoms with E-state index >= 15 is 0 Å². The zero-order valence-corrected chi connectivity index (χ0v) is 9.36. The van der Waals surface area contributed by atoms with E-state index in [1.165, 1.54) is 5.56 Å². The van der Waals surface area contributed by atoms with Gasteiger partial charge in [-0.05, 0) is 31.7 Å². The first kappa shape index (κ1) is 12.2. The molecule has 1 unspecified atom stereocenters. The average Bonchev–Trinajstić information content (AvgIpc) is 2.28. The molecule has 0 saturated heterocycles. The van der Waals surface area contributed by atoms with Gasteiger partial charge < -0.3 is 9.84 Å². The van der Waals surface area contributed by atoms with Crippen molar-refractivity contribution >= 4 is 0 Å². The Balaban J connectivity index is 2.14. The van der Waals surface area contributed by atoms with E-state index in [1.54, 1.807) is 0 Å². The van der Waals surface area contributed by atoms with Gasteiger partial charge in [0.1, 0.15) is 0 Å². The Morgan fingerprint density at radius 3 is 2.60 bits per heavy atom. The second kappa shape index (κ2) is 7.43. The van der Waals surface area contributed by atoms with Crippen LogP contribution in [0.15, 0.2) is 30.3 Å². The van der Waals surface area contributed by atoms with Crippen LogP contribution < -0.4 is 0 Å². The minimum Gasteiger partial charge on any atom is -0.396 e. The summed E-state index contributed by atoms with van der Waals surface area (Å²) in [5.41, 5.74) is 1.21. The second-order valence-electron chi connectivity index (χ2n) is 3.83. The van der Waals surface area contributed by atoms with E-state index in [0.29, 0.717) is 6.61 Å². The van der Waals surface area contributed by atoms with E-state index in [2.05, 4.69) is 19.1 Å². The molecule has 1 rings (SSSR count). The third-order valence-electron chi connectivity index (χ3n) is 2.40. The van der Waals surface area contributed by atoms with E-state index in [9.17, 15) is 0 Å². The molecule has 2 heteroatoms. The van der Waals surface area contributed by atoms with Gasteiger partial charge in [-0.15, -0.1) is 0 Å². The molecule has 0 bridgehead atoms. The molecule has 1 N–H and O–H groups in total. The maximum Gasteiger partial charge on any atom is 0.0720 e. The Hall–Kier alpha value is -0.860. The fraction of sp³-hybridized carbons (Fsp3) is 0.538. The summed E-state index contributed by atoms with van der Waals surface area (Å²) in [6, 6.07) is 10.2. The number of aliphatic hydroxyl groups is 1. The standard InChI is InChI=1S/C13H20O2/c1-12(7-5-6-10-14)15-11-13-8-3-2-4-9-13/h2-4,8-9,12,14H,5-7,10-11H2,1H3. The lowest BCUT2D eigenvalue weighted by molar-refractivity contribution is 0.0452. The molecule has 15 heavy (non-hydrogen) atoms. The first-order chi connectivity index (χ1) is 7.33. The van der Waals surface area contributed by atoms with Crippen molar-refractivity contribution in [1.82, 2.24) is 0 Å². The summed E-state index contributed by atoms with van der Waals surface area (Å²) in [5.74, 6) is 0. The normalized spacial score (nSPS) is 12.7. The fourth-order valence-corrected chi connectivity index (χ4v) is 1.44. The van der Waals surface area contributed by atoms with Crippen LogP contribution in [0, 0.1) is 0 Å². The summed E-state index contributed by atoms with van der Waals surface area (Å²) in [6.07, 6.45) is 3.20. The van der Waals surface area contributed by atoms with E-state index in [4.69, 9.17) is 9.84 Å². The largest absolute Gasteiger partial charge is 0.396 e. The molecule has 0 aromatic heterocycles. The Kier molecular flexibility index (Phi) is 6.05. The van der Waals surface area contributed by atoms with Crippen LogP contribution in [0.3, 0.4) is 0 Å². The highest BCUT2D eigenvalue weighted by atomic mass is 16.5. The van der Waals surface area contributed by atoms with E-state index in [1.807, 2.05) is 18.2 Å². The fourth-order valence-electron chi connectivity index (χ4n) is 1.44. The number of ether oxygens (including phenoxy) is 1. The minimum atomic E-state index is 0.275. The molecule has 1 atom stereocenters. The molecule has 0 spiro atoms. The average molecular weight is 208 g/mol. The van der Waals surface area contributed by atoms with Crippen molar-refractivity contribution < 1.29 is 9.84 Å². The molecule has 0 aliphatic carbocycles. The highest BCUT2D eigenvalue weighted by molar-refractivity contribution is 5.13. The van der Waals surface area contributed by atoms with Gasteiger partial charge in [0.25, 0.3) is 0 Å². The van der Waals surface area contributed by atoms with Crippen LogP contribution in [-0.4, -0.2) is 17.8 Å². The van der Waals surface area contributed by atoms with Crippen LogP contribution in [0.4, 0.5) is 0 Å². The monoisotopic (exact) mass is 208 g/mol. The summed E-state index contributed by atoms with van der Waals surface area (Å²) >= 11 is 0. The van der Waals surface area contributed by atoms with Gasteiger partial charge in [0, 0.05) is 6.61 Å². The van der Waals surface area contributed by atoms with Crippen molar-refractivity contribution in [3.05, 3.63) is 35.9 Å². The third-order valence-corrected chi connectivity index (χ3v) is 2.40. The topological polar surface area (TPSA) is 29.5 Å². The highest BCUT2D eigenvalue weighted by Crippen LogP contribution is 2.08. The van der Waals surface area contributed by atoms with Crippen LogP contribution in [0.2, 0.25) is 0 Å². The molecule has 1 aromatic rings. The summed E-state index contributed by atoms with van der Waals surface area (Å²) in [5, 5.41) is 8.65. The molecular formula is C13H20O2. The third kappa shape index (κ3) is 5.55. The first-order valence-corrected chi connectivity index (χ1v) is 5.59. The Labute approximate surface area is 91.9 Å². The van der Waals surface area contributed by atoms with Crippen LogP contribution in [-0.2, 0) is 11.3 Å². The van der Waals surface area contributed by atoms with Crippen molar-refractivity contribution in [1.29, 1.82) is 0 Å². The molecule has 0 aliphatic heterocycles. The highest BCUT2D eigenvalue weighted by Gasteiger charge is 2.01. The summed E-state index contributed by atoms with van der Waals surface area (Å²) in [4.78, 5) is 0. The smallest absolute Gasteiger partial charge is 0.0720 e. The van der Waals surface area contributed by atoms with Crippen molar-refractivity contribution in [2.45, 2.75) is 38.9 Å². The number of hydrogen-bond acceptors (Lipinski definition) is 2. The number of hydrogen-bond donors (Lipinski definition) is 1. The van der Waals surface area contributed by atoms with E-state index in [-0.39, 0.29) is 12.7 Å². The lowest BCUT2D eigenvalue weighted by atomic mass is 10.2. The molecule has 0 radical (unpaired) electrons. The van der Waals surface area contributed by atoms with Crippen LogP contribution >= 0.6 is 0 Å². The molecule has 1 aromatic carbocycles. The second-order valence-corrected chi connectivity index (χ2v) is 3.83. The molecule has 2 nitrogen and oxygen atoms in total. The predicted octanol–water partition coefficient (Wildman–Crippen LogP) is 2.75. The SMILES string of the molecule is CC(CCCCO)OCc1ccccc1. The maximum atomic E-state index is 8.65. The van der Waals surface area contributed by atoms with Gasteiger partial charge in [0.2, 0.25) is 0 Å². The molecule has 0 heterocycles. The molecule has 84 valence electrons. The van der Waals surface area contributed by atoms with Crippen molar-refractivity contribution in [2.75, 3.05) is 6.61 Å². The van der Waals surface area contributed by atoms with Gasteiger partial charge in [0.05, 0.1) is 12.7 Å². The number of rotatable bonds is 7. The minimum absolute atomic E-state index is 0.275. The van der Waals surface area contributed by atoms with Gasteiger partial charge in [-0.25, -0.2) is 0 Å². The van der Waals surface area contributed by atoms with Crippen LogP contribution in [0.25, 0.3) is 0 Å². The Bertz CT molecular complexity index is 246. The van der Waals surface area contributed by atoms with E-state index < -0.39 is 0 Å². The van der Waals surface area contributed by atoms with Gasteiger partial charge in [-0.2, -0.15) is 0 Å². The van der Waals surface area contributed by atoms with Crippen LogP contribution in [0.1, 0.15) is 31.7 Å². The van der Waals surface area contributed by atoms with Crippen LogP contribution in [0.5, 0.6) is 0 Å². The summed E-state index contributed by atoms with van der Waals surface area (Å²) in [6.45, 7) is 3.05. The Morgan fingerprint density at radius 1 is 1.20 bits per heavy atom. The van der Waals surface area contributed by atoms with E-state index in [0.717, 1.165) is 19.3 Å². The van der Waals surface area contributed by atoms with Gasteiger partial charge >= 0.3 is 0 Å². The quantitative estimate of drug-likeness (QED) is 0.698. The van der Waals surface area contributed by atoms with Gasteiger partial charge in [-0.1, -0.05) is 30.3 Å². The number of unbranched alkanes of at least 4 members (excludes halogenated alkanes) is 1. The zero-order valence-electron chi connectivity index (χ0n) is 9.36.